The van der Waals surface area contributed by atoms with E-state index in [-0.39, 0.29) is 12.5 Å². The fraction of sp³-hybridized carbons (Fsp3) is 1.00. The Bertz CT molecular complexity index is 201. The lowest BCUT2D eigenvalue weighted by atomic mass is 10.5. The van der Waals surface area contributed by atoms with Crippen molar-refractivity contribution >= 4 is 16.6 Å². The molecule has 18 heavy (non-hydrogen) atoms. The third kappa shape index (κ3) is 8.36. The summed E-state index contributed by atoms with van der Waals surface area (Å²) in [4.78, 5) is 3.54. The molecule has 0 aliphatic carbocycles. The molecule has 0 bridgehead atoms. The fourth-order valence-corrected chi connectivity index (χ4v) is 4.20. The number of rotatable bonds is 11. The lowest BCUT2D eigenvalue weighted by Crippen LogP contribution is -2.47. The zero-order valence-electron chi connectivity index (χ0n) is 12.3. The van der Waals surface area contributed by atoms with E-state index in [4.69, 9.17) is 4.43 Å². The van der Waals surface area contributed by atoms with Crippen LogP contribution < -0.4 is 10.3 Å². The molecule has 0 saturated heterocycles. The van der Waals surface area contributed by atoms with E-state index in [9.17, 15) is 10.2 Å². The minimum absolute atomic E-state index is 0.00280. The second-order valence-corrected chi connectivity index (χ2v) is 14.5. The first-order chi connectivity index (χ1) is 8.39. The van der Waals surface area contributed by atoms with E-state index in [1.807, 2.05) is 0 Å². The maximum atomic E-state index is 9.26. The van der Waals surface area contributed by atoms with Gasteiger partial charge in [0.1, 0.15) is 8.24 Å². The Balaban J connectivity index is 3.56. The van der Waals surface area contributed by atoms with E-state index in [2.05, 4.69) is 29.9 Å². The predicted octanol–water partition coefficient (Wildman–Crippen LogP) is 0.0455. The molecule has 7 heteroatoms. The highest BCUT2D eigenvalue weighted by Crippen LogP contribution is 2.11. The van der Waals surface area contributed by atoms with Crippen LogP contribution in [0.4, 0.5) is 0 Å². The molecule has 110 valence electrons. The Morgan fingerprint density at radius 1 is 1.00 bits per heavy atom. The number of aliphatic hydroxyl groups excluding tert-OH is 2. The third-order valence-electron chi connectivity index (χ3n) is 2.95. The van der Waals surface area contributed by atoms with Gasteiger partial charge in [-0.25, -0.2) is 0 Å². The molecule has 4 N–H and O–H groups in total. The van der Waals surface area contributed by atoms with Gasteiger partial charge in [-0.05, 0) is 19.0 Å². The zero-order chi connectivity index (χ0) is 14.1. The van der Waals surface area contributed by atoms with Gasteiger partial charge in [-0.1, -0.05) is 19.6 Å². The van der Waals surface area contributed by atoms with Gasteiger partial charge in [0.2, 0.25) is 8.32 Å². The van der Waals surface area contributed by atoms with Crippen molar-refractivity contribution in [3.8, 4) is 0 Å². The van der Waals surface area contributed by atoms with Gasteiger partial charge < -0.3 is 24.9 Å². The molecule has 0 amide bonds. The van der Waals surface area contributed by atoms with Crippen LogP contribution in [0.25, 0.3) is 0 Å². The minimum Gasteiger partial charge on any atom is -0.415 e. The van der Waals surface area contributed by atoms with Gasteiger partial charge in [-0.3, -0.25) is 0 Å². The first-order valence-corrected chi connectivity index (χ1v) is 12.6. The molecule has 0 radical (unpaired) electrons. The van der Waals surface area contributed by atoms with Crippen molar-refractivity contribution in [1.82, 2.24) is 10.3 Å². The highest BCUT2D eigenvalue weighted by Gasteiger charge is 2.31. The van der Waals surface area contributed by atoms with Crippen LogP contribution in [0.1, 0.15) is 6.42 Å². The van der Waals surface area contributed by atoms with Crippen LogP contribution in [-0.2, 0) is 4.43 Å². The molecular formula is C11H30N2O3Si2. The quantitative estimate of drug-likeness (QED) is 0.320. The lowest BCUT2D eigenvalue weighted by Gasteiger charge is -2.25. The number of hydrogen-bond acceptors (Lipinski definition) is 5. The maximum absolute atomic E-state index is 9.26. The van der Waals surface area contributed by atoms with Gasteiger partial charge in [0, 0.05) is 20.2 Å². The number of aliphatic hydroxyl groups is 2. The van der Waals surface area contributed by atoms with Crippen LogP contribution in [-0.4, -0.2) is 66.0 Å². The van der Waals surface area contributed by atoms with E-state index in [0.29, 0.717) is 0 Å². The summed E-state index contributed by atoms with van der Waals surface area (Å²) in [7, 11) is -1.81. The molecule has 0 rings (SSSR count). The summed E-state index contributed by atoms with van der Waals surface area (Å²) < 4.78 is 5.31. The van der Waals surface area contributed by atoms with Crippen molar-refractivity contribution in [3.05, 3.63) is 0 Å². The molecule has 0 aromatic heterocycles. The summed E-state index contributed by atoms with van der Waals surface area (Å²) in [5, 5.41) is 21.9. The SMILES string of the molecule is CO[Si](CO)(CO)CCCNCCN[Si](C)(C)C. The first-order valence-electron chi connectivity index (χ1n) is 6.62. The fourth-order valence-electron chi connectivity index (χ4n) is 1.63. The van der Waals surface area contributed by atoms with E-state index in [1.54, 1.807) is 7.11 Å². The number of nitrogens with one attached hydrogen (secondary N) is 2. The molecule has 0 atom stereocenters. The Morgan fingerprint density at radius 3 is 2.06 bits per heavy atom. The zero-order valence-corrected chi connectivity index (χ0v) is 14.3. The van der Waals surface area contributed by atoms with Crippen molar-refractivity contribution < 1.29 is 14.6 Å². The highest BCUT2D eigenvalue weighted by molar-refractivity contribution is 6.73. The van der Waals surface area contributed by atoms with Crippen LogP contribution >= 0.6 is 0 Å². The standard InChI is InChI=1S/C11H30N2O3Si2/c1-16-18(10-14,11-15)9-5-6-12-7-8-13-17(2,3)4/h12-15H,5-11H2,1-4H3. The van der Waals surface area contributed by atoms with Crippen molar-refractivity contribution in [2.75, 3.05) is 39.2 Å². The molecule has 5 nitrogen and oxygen atoms in total. The molecule has 0 aromatic carbocycles. The summed E-state index contributed by atoms with van der Waals surface area (Å²) in [6.45, 7) is 9.73. The van der Waals surface area contributed by atoms with Crippen LogP contribution in [0.3, 0.4) is 0 Å². The molecule has 0 aliphatic rings. The molecule has 0 unspecified atom stereocenters. The Labute approximate surface area is 113 Å². The predicted molar refractivity (Wildman–Crippen MR) is 80.6 cm³/mol. The van der Waals surface area contributed by atoms with E-state index in [0.717, 1.165) is 32.1 Å². The van der Waals surface area contributed by atoms with Gasteiger partial charge in [-0.15, -0.1) is 0 Å². The smallest absolute Gasteiger partial charge is 0.242 e. The molecule has 0 saturated carbocycles. The maximum Gasteiger partial charge on any atom is 0.242 e. The van der Waals surface area contributed by atoms with E-state index >= 15 is 0 Å². The van der Waals surface area contributed by atoms with Crippen molar-refractivity contribution in [1.29, 1.82) is 0 Å². The minimum atomic E-state index is -2.25. The molecule has 0 heterocycles. The summed E-state index contributed by atoms with van der Waals surface area (Å²) in [6, 6.07) is 0.797. The molecule has 0 fully saturated rings. The summed E-state index contributed by atoms with van der Waals surface area (Å²) in [5.41, 5.74) is 0. The van der Waals surface area contributed by atoms with Gasteiger partial charge in [0.15, 0.2) is 0 Å². The normalized spacial score (nSPS) is 13.0. The van der Waals surface area contributed by atoms with E-state index in [1.165, 1.54) is 0 Å². The second kappa shape index (κ2) is 9.19. The van der Waals surface area contributed by atoms with Crippen molar-refractivity contribution in [2.45, 2.75) is 32.1 Å². The summed E-state index contributed by atoms with van der Waals surface area (Å²) in [6.07, 6.45) is 0.933. The molecule has 0 aliphatic heterocycles. The number of hydrogen-bond donors (Lipinski definition) is 4. The van der Waals surface area contributed by atoms with Crippen LogP contribution in [0.2, 0.25) is 25.7 Å². The Morgan fingerprint density at radius 2 is 1.61 bits per heavy atom. The topological polar surface area (TPSA) is 73.8 Å². The molecule has 0 spiro atoms. The van der Waals surface area contributed by atoms with Gasteiger partial charge in [0.25, 0.3) is 0 Å². The Kier molecular flexibility index (Phi) is 9.31. The molecule has 0 aromatic rings. The van der Waals surface area contributed by atoms with Crippen LogP contribution in [0.15, 0.2) is 0 Å². The van der Waals surface area contributed by atoms with Crippen molar-refractivity contribution in [2.24, 2.45) is 0 Å². The average molecular weight is 295 g/mol. The highest BCUT2D eigenvalue weighted by atomic mass is 28.4. The second-order valence-electron chi connectivity index (χ2n) is 5.73. The Hall–Kier alpha value is 0.234. The average Bonchev–Trinajstić information content (AvgIpc) is 2.32. The summed E-state index contributed by atoms with van der Waals surface area (Å²) >= 11 is 0. The van der Waals surface area contributed by atoms with Crippen molar-refractivity contribution in [3.63, 3.8) is 0 Å². The molecular weight excluding hydrogens is 264 g/mol. The van der Waals surface area contributed by atoms with Gasteiger partial charge in [-0.2, -0.15) is 0 Å². The monoisotopic (exact) mass is 294 g/mol. The first kappa shape index (κ1) is 18.2. The third-order valence-corrected chi connectivity index (χ3v) is 7.55. The summed E-state index contributed by atoms with van der Waals surface area (Å²) in [5.74, 6) is 0. The van der Waals surface area contributed by atoms with E-state index < -0.39 is 16.6 Å². The van der Waals surface area contributed by atoms with Gasteiger partial charge >= 0.3 is 0 Å². The van der Waals surface area contributed by atoms with Crippen LogP contribution in [0, 0.1) is 0 Å². The lowest BCUT2D eigenvalue weighted by molar-refractivity contribution is 0.252. The van der Waals surface area contributed by atoms with Crippen LogP contribution in [0.5, 0.6) is 0 Å². The van der Waals surface area contributed by atoms with Gasteiger partial charge in [0.05, 0.1) is 12.5 Å². The largest absolute Gasteiger partial charge is 0.415 e.